The van der Waals surface area contributed by atoms with Crippen LogP contribution < -0.4 is 16.4 Å². The van der Waals surface area contributed by atoms with E-state index >= 15 is 0 Å². The van der Waals surface area contributed by atoms with Crippen molar-refractivity contribution in [3.8, 4) is 0 Å². The van der Waals surface area contributed by atoms with Crippen LogP contribution in [-0.2, 0) is 4.79 Å². The third kappa shape index (κ3) is 1.67. The second-order valence-electron chi connectivity index (χ2n) is 3.58. The van der Waals surface area contributed by atoms with Crippen LogP contribution >= 0.6 is 15.9 Å². The van der Waals surface area contributed by atoms with E-state index < -0.39 is 0 Å². The minimum Gasteiger partial charge on any atom is -0.397 e. The highest BCUT2D eigenvalue weighted by molar-refractivity contribution is 9.10. The molecule has 1 aliphatic rings. The summed E-state index contributed by atoms with van der Waals surface area (Å²) in [5, 5.41) is 0. The lowest BCUT2D eigenvalue weighted by Gasteiger charge is -2.41. The molecule has 0 bridgehead atoms. The number of rotatable bonds is 2. The molecule has 0 radical (unpaired) electrons. The normalized spacial score (nSPS) is 19.8. The molecule has 80 valence electrons. The molecule has 1 unspecified atom stereocenters. The highest BCUT2D eigenvalue weighted by Crippen LogP contribution is 2.37. The van der Waals surface area contributed by atoms with Crippen LogP contribution in [0, 0.1) is 0 Å². The number of halogens is 1. The van der Waals surface area contributed by atoms with Gasteiger partial charge in [-0.05, 0) is 34.5 Å². The largest absolute Gasteiger partial charge is 0.397 e. The molecular weight excluding hydrogens is 258 g/mol. The van der Waals surface area contributed by atoms with Crippen molar-refractivity contribution in [3.05, 3.63) is 22.7 Å². The van der Waals surface area contributed by atoms with E-state index in [1.807, 2.05) is 23.1 Å². The minimum absolute atomic E-state index is 0.217. The van der Waals surface area contributed by atoms with Crippen molar-refractivity contribution in [2.24, 2.45) is 5.73 Å². The molecule has 1 amide bonds. The fourth-order valence-corrected chi connectivity index (χ4v) is 2.40. The van der Waals surface area contributed by atoms with Gasteiger partial charge in [0.2, 0.25) is 5.91 Å². The van der Waals surface area contributed by atoms with Crippen LogP contribution in [0.3, 0.4) is 0 Å². The topological polar surface area (TPSA) is 72.4 Å². The summed E-state index contributed by atoms with van der Waals surface area (Å²) in [4.78, 5) is 13.0. The second-order valence-corrected chi connectivity index (χ2v) is 4.43. The molecule has 0 saturated carbocycles. The first-order chi connectivity index (χ1) is 7.11. The average Bonchev–Trinajstić information content (AvgIpc) is 2.08. The Morgan fingerprint density at radius 3 is 2.73 bits per heavy atom. The molecule has 5 heteroatoms. The van der Waals surface area contributed by atoms with E-state index in [0.717, 1.165) is 23.1 Å². The van der Waals surface area contributed by atoms with Gasteiger partial charge in [0.15, 0.2) is 0 Å². The van der Waals surface area contributed by atoms with E-state index in [0.29, 0.717) is 5.69 Å². The van der Waals surface area contributed by atoms with Crippen molar-refractivity contribution in [1.82, 2.24) is 0 Å². The van der Waals surface area contributed by atoms with Crippen LogP contribution in [0.25, 0.3) is 0 Å². The number of nitrogens with zero attached hydrogens (tertiary/aromatic N) is 1. The van der Waals surface area contributed by atoms with E-state index in [9.17, 15) is 4.79 Å². The zero-order valence-electron chi connectivity index (χ0n) is 8.11. The van der Waals surface area contributed by atoms with E-state index in [2.05, 4.69) is 15.9 Å². The van der Waals surface area contributed by atoms with Gasteiger partial charge in [-0.3, -0.25) is 4.79 Å². The Labute approximate surface area is 96.4 Å². The summed E-state index contributed by atoms with van der Waals surface area (Å²) >= 11 is 3.43. The van der Waals surface area contributed by atoms with Crippen LogP contribution in [0.1, 0.15) is 6.42 Å². The first-order valence-corrected chi connectivity index (χ1v) is 5.50. The minimum atomic E-state index is -0.295. The molecule has 4 N–H and O–H groups in total. The Bertz CT molecular complexity index is 387. The monoisotopic (exact) mass is 269 g/mol. The van der Waals surface area contributed by atoms with Crippen LogP contribution in [0.5, 0.6) is 0 Å². The number of primary amides is 1. The summed E-state index contributed by atoms with van der Waals surface area (Å²) in [5.74, 6) is -0.295. The van der Waals surface area contributed by atoms with E-state index in [1.54, 1.807) is 0 Å². The molecule has 1 aromatic rings. The molecule has 1 saturated heterocycles. The number of carbonyl (C=O) groups excluding carboxylic acids is 1. The Hall–Kier alpha value is -1.23. The quantitative estimate of drug-likeness (QED) is 0.790. The standard InChI is InChI=1S/C10H12BrN3O/c11-6-2-1-3-7(12)9(6)14-5-4-8(14)10(13)15/h1-3,8H,4-5,12H2,(H2,13,15). The van der Waals surface area contributed by atoms with E-state index in [-0.39, 0.29) is 11.9 Å². The lowest BCUT2D eigenvalue weighted by molar-refractivity contribution is -0.120. The molecule has 0 spiro atoms. The first kappa shape index (κ1) is 10.3. The Morgan fingerprint density at radius 2 is 2.27 bits per heavy atom. The number of hydrogen-bond donors (Lipinski definition) is 2. The maximum atomic E-state index is 11.1. The van der Waals surface area contributed by atoms with Gasteiger partial charge in [-0.25, -0.2) is 0 Å². The predicted molar refractivity (Wildman–Crippen MR) is 63.5 cm³/mol. The van der Waals surface area contributed by atoms with Crippen molar-refractivity contribution in [2.45, 2.75) is 12.5 Å². The van der Waals surface area contributed by atoms with Gasteiger partial charge < -0.3 is 16.4 Å². The number of amides is 1. The summed E-state index contributed by atoms with van der Waals surface area (Å²) in [7, 11) is 0. The molecule has 1 aromatic carbocycles. The van der Waals surface area contributed by atoms with Crippen LogP contribution in [0.4, 0.5) is 11.4 Å². The molecule has 1 aliphatic heterocycles. The number of hydrogen-bond acceptors (Lipinski definition) is 3. The third-order valence-corrected chi connectivity index (χ3v) is 3.29. The molecular formula is C10H12BrN3O. The zero-order valence-corrected chi connectivity index (χ0v) is 9.70. The number of anilines is 2. The number of nitrogens with two attached hydrogens (primary N) is 2. The van der Waals surface area contributed by atoms with Crippen molar-refractivity contribution < 1.29 is 4.79 Å². The molecule has 1 heterocycles. The van der Waals surface area contributed by atoms with Crippen molar-refractivity contribution in [1.29, 1.82) is 0 Å². The van der Waals surface area contributed by atoms with Gasteiger partial charge in [-0.2, -0.15) is 0 Å². The van der Waals surface area contributed by atoms with Gasteiger partial charge in [-0.15, -0.1) is 0 Å². The molecule has 0 aromatic heterocycles. The van der Waals surface area contributed by atoms with Crippen molar-refractivity contribution in [3.63, 3.8) is 0 Å². The maximum Gasteiger partial charge on any atom is 0.240 e. The number of benzene rings is 1. The lowest BCUT2D eigenvalue weighted by atomic mass is 10.0. The zero-order chi connectivity index (χ0) is 11.0. The highest BCUT2D eigenvalue weighted by Gasteiger charge is 2.34. The van der Waals surface area contributed by atoms with Gasteiger partial charge in [0.25, 0.3) is 0 Å². The van der Waals surface area contributed by atoms with Crippen LogP contribution in [-0.4, -0.2) is 18.5 Å². The molecule has 15 heavy (non-hydrogen) atoms. The smallest absolute Gasteiger partial charge is 0.240 e. The Balaban J connectivity index is 2.34. The van der Waals surface area contributed by atoms with Crippen LogP contribution in [0.15, 0.2) is 22.7 Å². The lowest BCUT2D eigenvalue weighted by Crippen LogP contribution is -2.55. The Kier molecular flexibility index (Phi) is 2.56. The summed E-state index contributed by atoms with van der Waals surface area (Å²) in [5.41, 5.74) is 12.7. The number of para-hydroxylation sites is 1. The van der Waals surface area contributed by atoms with Crippen molar-refractivity contribution in [2.75, 3.05) is 17.2 Å². The van der Waals surface area contributed by atoms with Gasteiger partial charge in [0.05, 0.1) is 11.4 Å². The molecule has 1 atom stereocenters. The van der Waals surface area contributed by atoms with Crippen LogP contribution in [0.2, 0.25) is 0 Å². The fourth-order valence-electron chi connectivity index (χ4n) is 1.79. The molecule has 4 nitrogen and oxygen atoms in total. The maximum absolute atomic E-state index is 11.1. The van der Waals surface area contributed by atoms with Gasteiger partial charge >= 0.3 is 0 Å². The van der Waals surface area contributed by atoms with E-state index in [4.69, 9.17) is 11.5 Å². The average molecular weight is 270 g/mol. The summed E-state index contributed by atoms with van der Waals surface area (Å²) in [6.07, 6.45) is 0.802. The van der Waals surface area contributed by atoms with Gasteiger partial charge in [0, 0.05) is 11.0 Å². The first-order valence-electron chi connectivity index (χ1n) is 4.71. The second kappa shape index (κ2) is 3.73. The summed E-state index contributed by atoms with van der Waals surface area (Å²) in [6, 6.07) is 5.37. The van der Waals surface area contributed by atoms with Gasteiger partial charge in [0.1, 0.15) is 6.04 Å². The number of carbonyl (C=O) groups is 1. The summed E-state index contributed by atoms with van der Waals surface area (Å²) in [6.45, 7) is 0.820. The molecule has 0 aliphatic carbocycles. The van der Waals surface area contributed by atoms with Crippen molar-refractivity contribution >= 4 is 33.2 Å². The predicted octanol–water partition coefficient (Wildman–Crippen LogP) is 1.10. The fraction of sp³-hybridized carbons (Fsp3) is 0.300. The third-order valence-electron chi connectivity index (χ3n) is 2.65. The highest BCUT2D eigenvalue weighted by atomic mass is 79.9. The molecule has 2 rings (SSSR count). The molecule has 1 fully saturated rings. The van der Waals surface area contributed by atoms with E-state index in [1.165, 1.54) is 0 Å². The number of nitrogen functional groups attached to an aromatic ring is 1. The SMILES string of the molecule is NC(=O)C1CCN1c1c(N)cccc1Br. The van der Waals surface area contributed by atoms with Gasteiger partial charge in [-0.1, -0.05) is 6.07 Å². The summed E-state index contributed by atoms with van der Waals surface area (Å²) < 4.78 is 0.897. The Morgan fingerprint density at radius 1 is 1.53 bits per heavy atom.